The Hall–Kier alpha value is -2.56. The Morgan fingerprint density at radius 3 is 1.56 bits per heavy atom. The molecule has 4 rings (SSSR count). The maximum Gasteiger partial charge on any atom is 0.198 e. The molecule has 0 amide bonds. The van der Waals surface area contributed by atoms with Crippen LogP contribution in [0.15, 0.2) is 60.7 Å². The van der Waals surface area contributed by atoms with Gasteiger partial charge in [-0.1, -0.05) is 12.1 Å². The van der Waals surface area contributed by atoms with Gasteiger partial charge in [0.25, 0.3) is 0 Å². The number of halogens is 2. The number of hydrogen-bond acceptors (Lipinski definition) is 2. The molecule has 6 heteroatoms. The first-order chi connectivity index (χ1) is 11.2. The highest BCUT2D eigenvalue weighted by atomic mass is 35.5. The molecule has 0 aliphatic rings. The van der Waals surface area contributed by atoms with Crippen LogP contribution in [0.25, 0.3) is 21.8 Å². The number of benzene rings is 2. The Kier molecular flexibility index (Phi) is 5.67. The molecule has 4 aromatic rings. The number of fused-ring (bicyclic) bond motifs is 2. The van der Waals surface area contributed by atoms with E-state index in [9.17, 15) is 10.2 Å². The zero-order valence-corrected chi connectivity index (χ0v) is 14.6. The number of hydrogen-bond donors (Lipinski definition) is 4. The van der Waals surface area contributed by atoms with E-state index < -0.39 is 0 Å². The molecule has 0 spiro atoms. The smallest absolute Gasteiger partial charge is 0.198 e. The zero-order valence-electron chi connectivity index (χ0n) is 13.1. The van der Waals surface area contributed by atoms with Crippen LogP contribution in [0, 0.1) is 0 Å². The molecule has 0 aliphatic carbocycles. The van der Waals surface area contributed by atoms with Crippen LogP contribution in [0.2, 0.25) is 0 Å². The lowest BCUT2D eigenvalue weighted by Gasteiger charge is -1.99. The lowest BCUT2D eigenvalue weighted by Crippen LogP contribution is -3.00. The first-order valence-electron chi connectivity index (χ1n) is 7.46. The van der Waals surface area contributed by atoms with E-state index in [-0.39, 0.29) is 36.3 Å². The number of aromatic nitrogens is 2. The summed E-state index contributed by atoms with van der Waals surface area (Å²) in [5.41, 5.74) is 3.41. The summed E-state index contributed by atoms with van der Waals surface area (Å²) < 4.78 is 0. The third kappa shape index (κ3) is 3.60. The van der Waals surface area contributed by atoms with Crippen molar-refractivity contribution in [1.82, 2.24) is 9.97 Å². The average molecular weight is 375 g/mol. The Balaban J connectivity index is 0.00000113. The van der Waals surface area contributed by atoms with Gasteiger partial charge in [0.2, 0.25) is 0 Å². The van der Waals surface area contributed by atoms with Crippen LogP contribution in [-0.2, 0) is 6.42 Å². The minimum atomic E-state index is 0. The number of aromatic hydroxyl groups is 2. The van der Waals surface area contributed by atoms with Crippen LogP contribution in [0.5, 0.6) is 11.5 Å². The lowest BCUT2D eigenvalue weighted by atomic mass is 10.1. The van der Waals surface area contributed by atoms with E-state index in [0.717, 1.165) is 33.2 Å². The van der Waals surface area contributed by atoms with E-state index in [4.69, 9.17) is 0 Å². The number of phenolic OH excluding ortho intramolecular Hbond substituents is 2. The molecule has 0 atom stereocenters. The van der Waals surface area contributed by atoms with E-state index in [0.29, 0.717) is 6.42 Å². The molecular weight excluding hydrogens is 359 g/mol. The highest BCUT2D eigenvalue weighted by molar-refractivity contribution is 5.85. The molecule has 0 unspecified atom stereocenters. The molecule has 4 N–H and O–H groups in total. The zero-order chi connectivity index (χ0) is 15.8. The molecule has 2 aromatic carbocycles. The largest absolute Gasteiger partial charge is 1.00 e. The quantitative estimate of drug-likeness (QED) is 0.313. The van der Waals surface area contributed by atoms with Crippen LogP contribution in [0.4, 0.5) is 0 Å². The van der Waals surface area contributed by atoms with Gasteiger partial charge in [-0.3, -0.25) is 0 Å². The van der Waals surface area contributed by atoms with E-state index in [1.165, 1.54) is 0 Å². The molecule has 0 saturated heterocycles. The number of rotatable bonds is 2. The molecule has 128 valence electrons. The summed E-state index contributed by atoms with van der Waals surface area (Å²) in [5.74, 6) is 0.481. The molecular formula is C19H16Cl2N2O2. The number of phenols is 2. The van der Waals surface area contributed by atoms with Crippen molar-refractivity contribution in [1.29, 1.82) is 0 Å². The van der Waals surface area contributed by atoms with Crippen LogP contribution in [0.1, 0.15) is 11.4 Å². The van der Waals surface area contributed by atoms with Crippen LogP contribution >= 0.6 is 0 Å². The SMILES string of the molecule is Oc1cccc2cc[c+](C[c+]3ccc4cccc(O)c4[nH]3)[nH]c12.[Cl-].[Cl-]. The molecule has 25 heavy (non-hydrogen) atoms. The van der Waals surface area contributed by atoms with Crippen molar-refractivity contribution in [3.8, 4) is 11.5 Å². The minimum Gasteiger partial charge on any atom is -1.00 e. The van der Waals surface area contributed by atoms with Crippen molar-refractivity contribution >= 4 is 21.8 Å². The van der Waals surface area contributed by atoms with Crippen molar-refractivity contribution in [2.45, 2.75) is 6.42 Å². The summed E-state index contributed by atoms with van der Waals surface area (Å²) in [5, 5.41) is 21.9. The van der Waals surface area contributed by atoms with E-state index >= 15 is 0 Å². The maximum absolute atomic E-state index is 9.97. The molecule has 2 aromatic heterocycles. The van der Waals surface area contributed by atoms with Gasteiger partial charge in [0.15, 0.2) is 22.5 Å². The Morgan fingerprint density at radius 2 is 1.12 bits per heavy atom. The van der Waals surface area contributed by atoms with Crippen LogP contribution < -0.4 is 24.8 Å². The van der Waals surface area contributed by atoms with Gasteiger partial charge in [0.05, 0.1) is 24.3 Å². The van der Waals surface area contributed by atoms with Crippen molar-refractivity contribution < 1.29 is 35.0 Å². The second-order valence-corrected chi connectivity index (χ2v) is 5.63. The Morgan fingerprint density at radius 1 is 0.680 bits per heavy atom. The van der Waals surface area contributed by atoms with Crippen molar-refractivity contribution in [2.75, 3.05) is 0 Å². The summed E-state index contributed by atoms with van der Waals surface area (Å²) in [4.78, 5) is 6.55. The predicted molar refractivity (Wildman–Crippen MR) is 91.5 cm³/mol. The summed E-state index contributed by atoms with van der Waals surface area (Å²) >= 11 is 0. The lowest BCUT2D eigenvalue weighted by molar-refractivity contribution is -0.001000. The topological polar surface area (TPSA) is 72.0 Å². The molecule has 0 radical (unpaired) electrons. The van der Waals surface area contributed by atoms with Crippen LogP contribution in [-0.4, -0.2) is 20.2 Å². The van der Waals surface area contributed by atoms with Gasteiger partial charge < -0.3 is 35.0 Å². The van der Waals surface area contributed by atoms with Gasteiger partial charge in [-0.25, -0.2) is 9.97 Å². The fourth-order valence-corrected chi connectivity index (χ4v) is 2.86. The predicted octanol–water partition coefficient (Wildman–Crippen LogP) is -1.78. The highest BCUT2D eigenvalue weighted by Gasteiger charge is 2.14. The maximum atomic E-state index is 9.97. The molecule has 0 fully saturated rings. The highest BCUT2D eigenvalue weighted by Crippen LogP contribution is 2.25. The normalized spacial score (nSPS) is 10.2. The fourth-order valence-electron chi connectivity index (χ4n) is 2.86. The first-order valence-corrected chi connectivity index (χ1v) is 7.46. The number of pyridine rings is 2. The van der Waals surface area contributed by atoms with Gasteiger partial charge in [0, 0.05) is 0 Å². The molecule has 2 heterocycles. The summed E-state index contributed by atoms with van der Waals surface area (Å²) in [6.45, 7) is 0. The molecule has 0 aliphatic heterocycles. The second kappa shape index (κ2) is 7.55. The third-order valence-electron chi connectivity index (χ3n) is 4.03. The molecule has 0 saturated carbocycles. The van der Waals surface area contributed by atoms with E-state index in [2.05, 4.69) is 9.97 Å². The van der Waals surface area contributed by atoms with Gasteiger partial charge in [-0.15, -0.1) is 0 Å². The van der Waals surface area contributed by atoms with Gasteiger partial charge in [-0.05, 0) is 24.3 Å². The van der Waals surface area contributed by atoms with Crippen molar-refractivity contribution in [3.05, 3.63) is 72.1 Å². The van der Waals surface area contributed by atoms with Crippen molar-refractivity contribution in [2.24, 2.45) is 0 Å². The first kappa shape index (κ1) is 18.8. The van der Waals surface area contributed by atoms with E-state index in [1.807, 2.05) is 48.5 Å². The minimum absolute atomic E-state index is 0. The number of para-hydroxylation sites is 2. The monoisotopic (exact) mass is 374 g/mol. The number of nitrogens with one attached hydrogen (secondary N) is 2. The van der Waals surface area contributed by atoms with Crippen molar-refractivity contribution in [3.63, 3.8) is 0 Å². The average Bonchev–Trinajstić information content (AvgIpc) is 2.56. The Bertz CT molecular complexity index is 955. The Labute approximate surface area is 157 Å². The summed E-state index contributed by atoms with van der Waals surface area (Å²) in [6.07, 6.45) is 0.647. The van der Waals surface area contributed by atoms with Gasteiger partial charge in [-0.2, -0.15) is 0 Å². The standard InChI is InChI=1S/C19H14N2O2.2ClH/c22-16-5-1-3-12-7-9-14(20-18(12)16)11-15-10-8-13-4-2-6-17(23)19(13)21-15;;/h1-10,20-21H,11H2;2*1H. The van der Waals surface area contributed by atoms with Gasteiger partial charge >= 0.3 is 0 Å². The third-order valence-corrected chi connectivity index (χ3v) is 4.03. The molecule has 0 bridgehead atoms. The summed E-state index contributed by atoms with van der Waals surface area (Å²) in [7, 11) is 0. The number of aromatic amines is 2. The summed E-state index contributed by atoms with van der Waals surface area (Å²) in [6, 6.07) is 18.9. The second-order valence-electron chi connectivity index (χ2n) is 5.63. The van der Waals surface area contributed by atoms with Gasteiger partial charge in [0.1, 0.15) is 28.6 Å². The molecule has 4 nitrogen and oxygen atoms in total. The van der Waals surface area contributed by atoms with Crippen LogP contribution in [0.3, 0.4) is 0 Å². The fraction of sp³-hybridized carbons (Fsp3) is 0.0526. The number of H-pyrrole nitrogens is 2. The van der Waals surface area contributed by atoms with E-state index in [1.54, 1.807) is 12.1 Å².